The third-order valence-corrected chi connectivity index (χ3v) is 6.24. The summed E-state index contributed by atoms with van der Waals surface area (Å²) < 4.78 is 0. The summed E-state index contributed by atoms with van der Waals surface area (Å²) in [4.78, 5) is 26.8. The smallest absolute Gasteiger partial charge is 0.326 e. The number of aliphatic carboxylic acids is 1. The fourth-order valence-corrected chi connectivity index (χ4v) is 4.42. The summed E-state index contributed by atoms with van der Waals surface area (Å²) in [5.74, 6) is 0.110. The Morgan fingerprint density at radius 3 is 2.61 bits per heavy atom. The molecule has 1 amide bonds. The molecule has 1 unspecified atom stereocenters. The van der Waals surface area contributed by atoms with Gasteiger partial charge in [-0.3, -0.25) is 4.79 Å². The van der Waals surface area contributed by atoms with Gasteiger partial charge in [-0.15, -0.1) is 11.8 Å². The van der Waals surface area contributed by atoms with E-state index in [1.807, 2.05) is 18.2 Å². The number of carbonyl (C=O) groups excluding carboxylic acids is 1. The Morgan fingerprint density at radius 1 is 1.22 bits per heavy atom. The molecule has 0 radical (unpaired) electrons. The topological polar surface area (TPSA) is 57.6 Å². The first-order valence-corrected chi connectivity index (χ1v) is 9.28. The second-order valence-electron chi connectivity index (χ2n) is 6.72. The molecule has 1 heterocycles. The molecule has 5 heteroatoms. The highest BCUT2D eigenvalue weighted by Crippen LogP contribution is 2.52. The van der Waals surface area contributed by atoms with Gasteiger partial charge in [0.15, 0.2) is 0 Å². The average molecular weight is 333 g/mol. The summed E-state index contributed by atoms with van der Waals surface area (Å²) >= 11 is 1.80. The van der Waals surface area contributed by atoms with Crippen LogP contribution in [0.4, 0.5) is 0 Å². The maximum atomic E-state index is 12.6. The number of rotatable bonds is 6. The minimum Gasteiger partial charge on any atom is -0.480 e. The summed E-state index contributed by atoms with van der Waals surface area (Å²) in [5, 5.41) is 9.33. The van der Waals surface area contributed by atoms with Gasteiger partial charge in [0, 0.05) is 23.6 Å². The zero-order chi connectivity index (χ0) is 16.3. The van der Waals surface area contributed by atoms with Crippen molar-refractivity contribution in [3.8, 4) is 0 Å². The Balaban J connectivity index is 1.57. The maximum absolute atomic E-state index is 12.6. The van der Waals surface area contributed by atoms with Crippen LogP contribution >= 0.6 is 11.8 Å². The highest BCUT2D eigenvalue weighted by atomic mass is 32.2. The van der Waals surface area contributed by atoms with E-state index < -0.39 is 12.0 Å². The number of nitrogens with zero attached hydrogens (tertiary/aromatic N) is 1. The van der Waals surface area contributed by atoms with Gasteiger partial charge in [-0.05, 0) is 49.7 Å². The molecule has 1 aliphatic carbocycles. The van der Waals surface area contributed by atoms with Crippen LogP contribution in [-0.4, -0.2) is 40.2 Å². The summed E-state index contributed by atoms with van der Waals surface area (Å²) in [6, 6.07) is 9.62. The molecule has 1 aliphatic heterocycles. The number of carbonyl (C=O) groups is 2. The molecule has 2 aliphatic rings. The lowest BCUT2D eigenvalue weighted by Crippen LogP contribution is -2.48. The van der Waals surface area contributed by atoms with Crippen molar-refractivity contribution in [2.45, 2.75) is 49.5 Å². The van der Waals surface area contributed by atoms with Crippen molar-refractivity contribution in [2.75, 3.05) is 12.3 Å². The summed E-state index contributed by atoms with van der Waals surface area (Å²) in [5.41, 5.74) is 0.0814. The second-order valence-corrected chi connectivity index (χ2v) is 7.76. The highest BCUT2D eigenvalue weighted by molar-refractivity contribution is 7.99. The number of hydrogen-bond donors (Lipinski definition) is 1. The van der Waals surface area contributed by atoms with E-state index in [9.17, 15) is 14.7 Å². The van der Waals surface area contributed by atoms with Gasteiger partial charge in [0.25, 0.3) is 0 Å². The Morgan fingerprint density at radius 2 is 1.96 bits per heavy atom. The number of amides is 1. The predicted octanol–water partition coefficient (Wildman–Crippen LogP) is 3.41. The van der Waals surface area contributed by atoms with Gasteiger partial charge in [0.05, 0.1) is 0 Å². The van der Waals surface area contributed by atoms with Crippen LogP contribution < -0.4 is 0 Å². The molecular formula is C18H23NO3S. The quantitative estimate of drug-likeness (QED) is 0.811. The van der Waals surface area contributed by atoms with Crippen molar-refractivity contribution in [1.82, 2.24) is 4.90 Å². The van der Waals surface area contributed by atoms with Crippen LogP contribution in [0.1, 0.15) is 38.5 Å². The van der Waals surface area contributed by atoms with Gasteiger partial charge >= 0.3 is 5.97 Å². The van der Waals surface area contributed by atoms with E-state index in [2.05, 4.69) is 12.1 Å². The van der Waals surface area contributed by atoms with Crippen LogP contribution in [0.5, 0.6) is 0 Å². The van der Waals surface area contributed by atoms with Crippen molar-refractivity contribution >= 4 is 23.6 Å². The molecule has 1 saturated carbocycles. The minimum atomic E-state index is -0.860. The van der Waals surface area contributed by atoms with Gasteiger partial charge in [0.2, 0.25) is 5.91 Å². The van der Waals surface area contributed by atoms with E-state index in [-0.39, 0.29) is 11.3 Å². The van der Waals surface area contributed by atoms with Crippen LogP contribution in [0.2, 0.25) is 0 Å². The standard InChI is InChI=1S/C18H23NO3S/c20-16(19-11-5-4-8-15(19)17(21)22)12-18(9-10-18)13-23-14-6-2-1-3-7-14/h1-3,6-7,15H,4-5,8-13H2,(H,21,22). The third kappa shape index (κ3) is 4.08. The molecule has 23 heavy (non-hydrogen) atoms. The zero-order valence-corrected chi connectivity index (χ0v) is 14.1. The second kappa shape index (κ2) is 6.95. The van der Waals surface area contributed by atoms with E-state index in [4.69, 9.17) is 0 Å². The van der Waals surface area contributed by atoms with E-state index in [0.717, 1.165) is 31.4 Å². The van der Waals surface area contributed by atoms with Crippen LogP contribution in [0.3, 0.4) is 0 Å². The molecule has 4 nitrogen and oxygen atoms in total. The molecule has 1 aromatic rings. The van der Waals surface area contributed by atoms with Crippen molar-refractivity contribution < 1.29 is 14.7 Å². The lowest BCUT2D eigenvalue weighted by molar-refractivity contribution is -0.152. The first-order valence-electron chi connectivity index (χ1n) is 8.30. The molecule has 0 bridgehead atoms. The molecule has 3 rings (SSSR count). The third-order valence-electron chi connectivity index (χ3n) is 4.88. The number of hydrogen-bond acceptors (Lipinski definition) is 3. The summed E-state index contributed by atoms with van der Waals surface area (Å²) in [6.45, 7) is 0.595. The maximum Gasteiger partial charge on any atom is 0.326 e. The van der Waals surface area contributed by atoms with Crippen molar-refractivity contribution in [3.05, 3.63) is 30.3 Å². The molecule has 0 spiro atoms. The largest absolute Gasteiger partial charge is 0.480 e. The number of benzene rings is 1. The number of carboxylic acids is 1. The Labute approximate surface area is 141 Å². The molecule has 1 N–H and O–H groups in total. The molecule has 0 aromatic heterocycles. The van der Waals surface area contributed by atoms with Crippen LogP contribution in [0.25, 0.3) is 0 Å². The Kier molecular flexibility index (Phi) is 4.95. The van der Waals surface area contributed by atoms with Gasteiger partial charge in [0.1, 0.15) is 6.04 Å². The lowest BCUT2D eigenvalue weighted by Gasteiger charge is -2.34. The van der Waals surface area contributed by atoms with E-state index in [0.29, 0.717) is 19.4 Å². The van der Waals surface area contributed by atoms with Gasteiger partial charge in [-0.1, -0.05) is 18.2 Å². The van der Waals surface area contributed by atoms with Crippen LogP contribution in [0, 0.1) is 5.41 Å². The molecule has 1 saturated heterocycles. The van der Waals surface area contributed by atoms with Gasteiger partial charge in [-0.25, -0.2) is 4.79 Å². The molecular weight excluding hydrogens is 310 g/mol. The SMILES string of the molecule is O=C(O)C1CCCCN1C(=O)CC1(CSc2ccccc2)CC1. The van der Waals surface area contributed by atoms with Gasteiger partial charge in [-0.2, -0.15) is 0 Å². The van der Waals surface area contributed by atoms with Crippen molar-refractivity contribution in [3.63, 3.8) is 0 Å². The van der Waals surface area contributed by atoms with Crippen LogP contribution in [-0.2, 0) is 9.59 Å². The fourth-order valence-electron chi connectivity index (χ4n) is 3.21. The highest BCUT2D eigenvalue weighted by Gasteiger charge is 2.46. The predicted molar refractivity (Wildman–Crippen MR) is 90.4 cm³/mol. The van der Waals surface area contributed by atoms with E-state index in [1.165, 1.54) is 4.90 Å². The first kappa shape index (κ1) is 16.4. The Bertz CT molecular complexity index is 571. The normalized spacial score (nSPS) is 22.6. The molecule has 2 fully saturated rings. The number of carboxylic acid groups (broad SMARTS) is 1. The molecule has 1 atom stereocenters. The van der Waals surface area contributed by atoms with Crippen molar-refractivity contribution in [2.24, 2.45) is 5.41 Å². The number of thioether (sulfide) groups is 1. The monoisotopic (exact) mass is 333 g/mol. The molecule has 124 valence electrons. The lowest BCUT2D eigenvalue weighted by atomic mass is 9.98. The first-order chi connectivity index (χ1) is 11.1. The number of likely N-dealkylation sites (tertiary alicyclic amines) is 1. The molecule has 1 aromatic carbocycles. The average Bonchev–Trinajstić information content (AvgIpc) is 3.34. The summed E-state index contributed by atoms with van der Waals surface area (Å²) in [7, 11) is 0. The van der Waals surface area contributed by atoms with Crippen molar-refractivity contribution in [1.29, 1.82) is 0 Å². The number of piperidine rings is 1. The Hall–Kier alpha value is -1.49. The van der Waals surface area contributed by atoms with Gasteiger partial charge < -0.3 is 10.0 Å². The zero-order valence-electron chi connectivity index (χ0n) is 13.2. The van der Waals surface area contributed by atoms with E-state index in [1.54, 1.807) is 16.7 Å². The fraction of sp³-hybridized carbons (Fsp3) is 0.556. The summed E-state index contributed by atoms with van der Waals surface area (Å²) in [6.07, 6.45) is 5.05. The van der Waals surface area contributed by atoms with Crippen LogP contribution in [0.15, 0.2) is 35.2 Å². The minimum absolute atomic E-state index is 0.0308. The van der Waals surface area contributed by atoms with E-state index >= 15 is 0 Å².